The van der Waals surface area contributed by atoms with Gasteiger partial charge in [0.15, 0.2) is 0 Å². The van der Waals surface area contributed by atoms with Crippen LogP contribution in [0.3, 0.4) is 0 Å². The molecule has 0 aliphatic rings. The minimum absolute atomic E-state index is 0.354. The monoisotopic (exact) mass is 328 g/mol. The molecule has 0 fully saturated rings. The molecule has 25 heavy (non-hydrogen) atoms. The molecule has 1 aromatic heterocycles. The van der Waals surface area contributed by atoms with E-state index in [4.69, 9.17) is 4.74 Å². The van der Waals surface area contributed by atoms with Gasteiger partial charge in [-0.3, -0.25) is 9.78 Å². The van der Waals surface area contributed by atoms with Crippen molar-refractivity contribution in [2.45, 2.75) is 6.61 Å². The molecule has 0 bridgehead atoms. The van der Waals surface area contributed by atoms with Crippen LogP contribution in [-0.2, 0) is 11.4 Å². The summed E-state index contributed by atoms with van der Waals surface area (Å²) in [6.07, 6.45) is 3.49. The quantitative estimate of drug-likeness (QED) is 0.744. The molecule has 0 radical (unpaired) electrons. The van der Waals surface area contributed by atoms with Gasteiger partial charge in [0.2, 0.25) is 0 Å². The van der Waals surface area contributed by atoms with E-state index in [0.717, 1.165) is 16.9 Å². The molecule has 2 aromatic carbocycles. The van der Waals surface area contributed by atoms with E-state index in [1.165, 1.54) is 0 Å². The Morgan fingerprint density at radius 3 is 2.52 bits per heavy atom. The van der Waals surface area contributed by atoms with Gasteiger partial charge in [-0.25, -0.2) is 0 Å². The summed E-state index contributed by atoms with van der Waals surface area (Å²) >= 11 is 0. The van der Waals surface area contributed by atoms with Crippen molar-refractivity contribution in [1.82, 2.24) is 4.98 Å². The molecule has 0 aliphatic heterocycles. The number of carbonyl (C=O) groups excluding carboxylic acids is 1. The lowest BCUT2D eigenvalue weighted by Gasteiger charge is -2.07. The van der Waals surface area contributed by atoms with Crippen LogP contribution in [0.25, 0.3) is 0 Å². The summed E-state index contributed by atoms with van der Waals surface area (Å²) in [6.45, 7) is 0.447. The normalized spacial score (nSPS) is 9.60. The fourth-order valence-electron chi connectivity index (χ4n) is 2.10. The number of carbonyl (C=O) groups is 1. The number of hydrogen-bond acceptors (Lipinski definition) is 3. The van der Waals surface area contributed by atoms with Crippen molar-refractivity contribution in [3.63, 3.8) is 0 Å². The first kappa shape index (κ1) is 16.3. The fourth-order valence-corrected chi connectivity index (χ4v) is 2.10. The van der Waals surface area contributed by atoms with Crippen LogP contribution in [0, 0.1) is 11.8 Å². The Balaban J connectivity index is 1.54. The molecule has 0 spiro atoms. The van der Waals surface area contributed by atoms with Crippen molar-refractivity contribution in [1.29, 1.82) is 0 Å². The number of pyridine rings is 1. The number of amides is 1. The van der Waals surface area contributed by atoms with Crippen molar-refractivity contribution in [3.8, 4) is 17.6 Å². The van der Waals surface area contributed by atoms with Crippen molar-refractivity contribution < 1.29 is 9.53 Å². The second-order valence-corrected chi connectivity index (χ2v) is 5.24. The molecule has 4 nitrogen and oxygen atoms in total. The van der Waals surface area contributed by atoms with Crippen LogP contribution in [0.1, 0.15) is 11.1 Å². The van der Waals surface area contributed by atoms with E-state index in [-0.39, 0.29) is 5.91 Å². The van der Waals surface area contributed by atoms with Gasteiger partial charge in [-0.05, 0) is 42.5 Å². The molecule has 0 unspecified atom stereocenters. The number of benzene rings is 2. The number of hydrogen-bond donors (Lipinski definition) is 1. The first-order valence-electron chi connectivity index (χ1n) is 7.79. The Bertz CT molecular complexity index is 880. The smallest absolute Gasteiger partial charge is 0.300 e. The molecule has 0 saturated heterocycles. The molecule has 1 amide bonds. The van der Waals surface area contributed by atoms with Crippen LogP contribution in [0.2, 0.25) is 0 Å². The lowest BCUT2D eigenvalue weighted by atomic mass is 10.2. The average Bonchev–Trinajstić information content (AvgIpc) is 2.67. The zero-order valence-electron chi connectivity index (χ0n) is 13.5. The molecule has 0 atom stereocenters. The van der Waals surface area contributed by atoms with Gasteiger partial charge in [0.05, 0.1) is 0 Å². The van der Waals surface area contributed by atoms with Crippen molar-refractivity contribution in [3.05, 3.63) is 90.3 Å². The van der Waals surface area contributed by atoms with Gasteiger partial charge in [-0.15, -0.1) is 0 Å². The van der Waals surface area contributed by atoms with E-state index in [0.29, 0.717) is 12.3 Å². The fraction of sp³-hybridized carbons (Fsp3) is 0.0476. The number of nitrogens with one attached hydrogen (secondary N) is 1. The van der Waals surface area contributed by atoms with Gasteiger partial charge in [0.25, 0.3) is 0 Å². The second-order valence-electron chi connectivity index (χ2n) is 5.24. The minimum atomic E-state index is -0.354. The molecule has 1 heterocycles. The molecule has 0 saturated carbocycles. The van der Waals surface area contributed by atoms with Crippen LogP contribution in [-0.4, -0.2) is 10.9 Å². The lowest BCUT2D eigenvalue weighted by molar-refractivity contribution is -0.111. The highest BCUT2D eigenvalue weighted by molar-refractivity contribution is 6.04. The highest BCUT2D eigenvalue weighted by atomic mass is 16.5. The van der Waals surface area contributed by atoms with Crippen molar-refractivity contribution in [2.24, 2.45) is 0 Å². The van der Waals surface area contributed by atoms with E-state index in [1.807, 2.05) is 42.5 Å². The molecule has 4 heteroatoms. The maximum atomic E-state index is 11.9. The van der Waals surface area contributed by atoms with E-state index in [9.17, 15) is 4.79 Å². The number of aromatic nitrogens is 1. The minimum Gasteiger partial charge on any atom is -0.489 e. The predicted octanol–water partition coefficient (Wildman–Crippen LogP) is 3.65. The standard InChI is InChI=1S/C21H16N2O2/c24-21(13-8-17-5-2-1-3-6-17)23-19-9-11-20(12-10-19)25-16-18-7-4-14-22-15-18/h1-7,9-12,14-15H,16H2,(H,23,24). The first-order valence-corrected chi connectivity index (χ1v) is 7.79. The summed E-state index contributed by atoms with van der Waals surface area (Å²) in [5.41, 5.74) is 2.47. The van der Waals surface area contributed by atoms with Crippen LogP contribution in [0.15, 0.2) is 79.1 Å². The molecule has 3 aromatic rings. The molecular weight excluding hydrogens is 312 g/mol. The lowest BCUT2D eigenvalue weighted by Crippen LogP contribution is -2.08. The Morgan fingerprint density at radius 2 is 1.80 bits per heavy atom. The summed E-state index contributed by atoms with van der Waals surface area (Å²) in [5.74, 6) is 5.76. The van der Waals surface area contributed by atoms with Crippen molar-refractivity contribution >= 4 is 11.6 Å². The summed E-state index contributed by atoms with van der Waals surface area (Å²) in [4.78, 5) is 15.9. The average molecular weight is 328 g/mol. The second kappa shape index (κ2) is 8.32. The van der Waals surface area contributed by atoms with Gasteiger partial charge in [0.1, 0.15) is 12.4 Å². The van der Waals surface area contributed by atoms with Crippen LogP contribution in [0.4, 0.5) is 5.69 Å². The third kappa shape index (κ3) is 5.22. The summed E-state index contributed by atoms with van der Waals surface area (Å²) < 4.78 is 5.68. The zero-order chi connectivity index (χ0) is 17.3. The maximum absolute atomic E-state index is 11.9. The highest BCUT2D eigenvalue weighted by Gasteiger charge is 2.00. The number of anilines is 1. The largest absolute Gasteiger partial charge is 0.489 e. The van der Waals surface area contributed by atoms with E-state index in [1.54, 1.807) is 36.7 Å². The Labute approximate surface area is 146 Å². The van der Waals surface area contributed by atoms with E-state index >= 15 is 0 Å². The first-order chi connectivity index (χ1) is 12.3. The molecule has 3 rings (SSSR count). The van der Waals surface area contributed by atoms with Gasteiger partial charge >= 0.3 is 5.91 Å². The van der Waals surface area contributed by atoms with Crippen molar-refractivity contribution in [2.75, 3.05) is 5.32 Å². The number of rotatable bonds is 4. The van der Waals surface area contributed by atoms with Gasteiger partial charge in [-0.1, -0.05) is 30.2 Å². The third-order valence-electron chi connectivity index (χ3n) is 3.33. The van der Waals surface area contributed by atoms with Crippen LogP contribution in [0.5, 0.6) is 5.75 Å². The summed E-state index contributed by atoms with van der Waals surface area (Å²) in [6, 6.07) is 20.4. The summed E-state index contributed by atoms with van der Waals surface area (Å²) in [7, 11) is 0. The van der Waals surface area contributed by atoms with Crippen LogP contribution >= 0.6 is 0 Å². The Morgan fingerprint density at radius 1 is 1.00 bits per heavy atom. The molecule has 1 N–H and O–H groups in total. The van der Waals surface area contributed by atoms with Crippen LogP contribution < -0.4 is 10.1 Å². The molecule has 0 aliphatic carbocycles. The highest BCUT2D eigenvalue weighted by Crippen LogP contribution is 2.16. The Kier molecular flexibility index (Phi) is 5.42. The summed E-state index contributed by atoms with van der Waals surface area (Å²) in [5, 5.41) is 2.74. The van der Waals surface area contributed by atoms with E-state index < -0.39 is 0 Å². The van der Waals surface area contributed by atoms with E-state index in [2.05, 4.69) is 22.1 Å². The molecular formula is C21H16N2O2. The van der Waals surface area contributed by atoms with Gasteiger partial charge in [-0.2, -0.15) is 0 Å². The SMILES string of the molecule is O=C(C#Cc1ccccc1)Nc1ccc(OCc2cccnc2)cc1. The van der Waals surface area contributed by atoms with Gasteiger partial charge in [0, 0.05) is 35.1 Å². The number of nitrogens with zero attached hydrogens (tertiary/aromatic N) is 1. The Hall–Kier alpha value is -3.58. The maximum Gasteiger partial charge on any atom is 0.300 e. The third-order valence-corrected chi connectivity index (χ3v) is 3.33. The topological polar surface area (TPSA) is 51.2 Å². The van der Waals surface area contributed by atoms with Gasteiger partial charge < -0.3 is 10.1 Å². The zero-order valence-corrected chi connectivity index (χ0v) is 13.5. The predicted molar refractivity (Wildman–Crippen MR) is 97.0 cm³/mol. The number of ether oxygens (including phenoxy) is 1. The molecule has 122 valence electrons.